The minimum absolute atomic E-state index is 0.182. The van der Waals surface area contributed by atoms with Crippen molar-refractivity contribution in [2.24, 2.45) is 0 Å². The number of hydrogen-bond acceptors (Lipinski definition) is 6. The van der Waals surface area contributed by atoms with Gasteiger partial charge < -0.3 is 14.5 Å². The summed E-state index contributed by atoms with van der Waals surface area (Å²) in [6.07, 6.45) is 4.16. The van der Waals surface area contributed by atoms with Crippen LogP contribution in [0.5, 0.6) is 0 Å². The first-order chi connectivity index (χ1) is 11.8. The van der Waals surface area contributed by atoms with E-state index in [1.54, 1.807) is 6.33 Å². The maximum Gasteiger partial charge on any atom is 0.129 e. The predicted molar refractivity (Wildman–Crippen MR) is 91.1 cm³/mol. The monoisotopic (exact) mass is 328 g/mol. The summed E-state index contributed by atoms with van der Waals surface area (Å²) < 4.78 is 11.4. The summed E-state index contributed by atoms with van der Waals surface area (Å²) in [5, 5.41) is 3.48. The highest BCUT2D eigenvalue weighted by atomic mass is 16.5. The second kappa shape index (κ2) is 6.91. The van der Waals surface area contributed by atoms with Crippen molar-refractivity contribution in [2.45, 2.75) is 31.7 Å². The van der Waals surface area contributed by atoms with E-state index in [2.05, 4.69) is 32.3 Å². The molecule has 2 fully saturated rings. The van der Waals surface area contributed by atoms with E-state index in [9.17, 15) is 0 Å². The van der Waals surface area contributed by atoms with Crippen LogP contribution in [0.1, 0.15) is 42.0 Å². The molecule has 0 radical (unpaired) electrons. The Labute approximate surface area is 142 Å². The molecule has 1 unspecified atom stereocenters. The van der Waals surface area contributed by atoms with E-state index in [-0.39, 0.29) is 6.04 Å². The lowest BCUT2D eigenvalue weighted by Gasteiger charge is -2.33. The maximum absolute atomic E-state index is 5.90. The lowest BCUT2D eigenvalue weighted by molar-refractivity contribution is 0.0143. The van der Waals surface area contributed by atoms with E-state index >= 15 is 0 Å². The van der Waals surface area contributed by atoms with Crippen LogP contribution in [0.2, 0.25) is 0 Å². The maximum atomic E-state index is 5.90. The average molecular weight is 328 g/mol. The number of hydrogen-bond donors (Lipinski definition) is 1. The van der Waals surface area contributed by atoms with Gasteiger partial charge >= 0.3 is 0 Å². The zero-order chi connectivity index (χ0) is 16.4. The molecule has 3 heterocycles. The van der Waals surface area contributed by atoms with Crippen LogP contribution in [-0.4, -0.2) is 47.7 Å². The molecule has 2 aromatic heterocycles. The molecule has 0 amide bonds. The van der Waals surface area contributed by atoms with Gasteiger partial charge in [-0.15, -0.1) is 0 Å². The summed E-state index contributed by atoms with van der Waals surface area (Å²) in [5.74, 6) is 3.48. The number of ether oxygens (including phenoxy) is 1. The molecule has 0 spiro atoms. The van der Waals surface area contributed by atoms with Gasteiger partial charge in [0.1, 0.15) is 23.7 Å². The fourth-order valence-corrected chi connectivity index (χ4v) is 3.20. The second-order valence-corrected chi connectivity index (χ2v) is 6.60. The highest BCUT2D eigenvalue weighted by molar-refractivity contribution is 5.37. The zero-order valence-electron chi connectivity index (χ0n) is 14.1. The molecule has 1 saturated carbocycles. The van der Waals surface area contributed by atoms with E-state index in [1.165, 1.54) is 12.8 Å². The molecule has 0 aromatic carbocycles. The molecule has 1 atom stereocenters. The summed E-state index contributed by atoms with van der Waals surface area (Å²) in [6.45, 7) is 6.13. The van der Waals surface area contributed by atoms with Crippen molar-refractivity contribution in [3.8, 4) is 0 Å². The van der Waals surface area contributed by atoms with Gasteiger partial charge in [-0.25, -0.2) is 9.97 Å². The molecule has 6 heteroatoms. The molecule has 1 N–H and O–H groups in total. The van der Waals surface area contributed by atoms with Crippen LogP contribution in [0.4, 0.5) is 5.82 Å². The van der Waals surface area contributed by atoms with Gasteiger partial charge in [-0.1, -0.05) is 0 Å². The third kappa shape index (κ3) is 3.60. The van der Waals surface area contributed by atoms with Gasteiger partial charge in [-0.05, 0) is 31.9 Å². The van der Waals surface area contributed by atoms with Crippen molar-refractivity contribution in [1.82, 2.24) is 14.9 Å². The number of aromatic nitrogens is 2. The third-order valence-electron chi connectivity index (χ3n) is 4.74. The van der Waals surface area contributed by atoms with Gasteiger partial charge in [0, 0.05) is 37.3 Å². The molecule has 6 nitrogen and oxygen atoms in total. The standard InChI is InChI=1S/C18H24N4O2/c1-13-2-5-17(24-13)16(22-6-8-23-9-7-22)11-19-18-10-15(14-3-4-14)20-12-21-18/h2,5,10,12,14,16H,3-4,6-9,11H2,1H3,(H,19,20,21). The molecule has 1 saturated heterocycles. The van der Waals surface area contributed by atoms with Crippen LogP contribution in [-0.2, 0) is 4.74 Å². The van der Waals surface area contributed by atoms with Crippen LogP contribution in [0.3, 0.4) is 0 Å². The highest BCUT2D eigenvalue weighted by Gasteiger charge is 2.27. The first-order valence-electron chi connectivity index (χ1n) is 8.73. The second-order valence-electron chi connectivity index (χ2n) is 6.60. The van der Waals surface area contributed by atoms with Gasteiger partial charge in [-0.3, -0.25) is 4.90 Å². The number of furan rings is 1. The topological polar surface area (TPSA) is 63.4 Å². The highest BCUT2D eigenvalue weighted by Crippen LogP contribution is 2.39. The van der Waals surface area contributed by atoms with E-state index in [0.717, 1.165) is 55.9 Å². The summed E-state index contributed by atoms with van der Waals surface area (Å²) in [5.41, 5.74) is 1.16. The smallest absolute Gasteiger partial charge is 0.129 e. The largest absolute Gasteiger partial charge is 0.465 e. The lowest BCUT2D eigenvalue weighted by Crippen LogP contribution is -2.41. The van der Waals surface area contributed by atoms with Crippen molar-refractivity contribution in [1.29, 1.82) is 0 Å². The van der Waals surface area contributed by atoms with Crippen molar-refractivity contribution in [3.05, 3.63) is 41.7 Å². The Morgan fingerprint density at radius 2 is 2.08 bits per heavy atom. The molecule has 1 aliphatic heterocycles. The van der Waals surface area contributed by atoms with Crippen molar-refractivity contribution >= 4 is 5.82 Å². The zero-order valence-corrected chi connectivity index (χ0v) is 14.1. The molecule has 4 rings (SSSR count). The Hall–Kier alpha value is -1.92. The average Bonchev–Trinajstić information content (AvgIpc) is 3.39. The minimum atomic E-state index is 0.182. The van der Waals surface area contributed by atoms with Crippen molar-refractivity contribution in [2.75, 3.05) is 38.2 Å². The summed E-state index contributed by atoms with van der Waals surface area (Å²) >= 11 is 0. The van der Waals surface area contributed by atoms with Gasteiger partial charge in [0.05, 0.1) is 19.3 Å². The molecule has 1 aliphatic carbocycles. The van der Waals surface area contributed by atoms with E-state index in [4.69, 9.17) is 9.15 Å². The van der Waals surface area contributed by atoms with Crippen LogP contribution >= 0.6 is 0 Å². The summed E-state index contributed by atoms with van der Waals surface area (Å²) in [4.78, 5) is 11.2. The Morgan fingerprint density at radius 1 is 1.25 bits per heavy atom. The number of anilines is 1. The van der Waals surface area contributed by atoms with Crippen molar-refractivity contribution in [3.63, 3.8) is 0 Å². The first kappa shape index (κ1) is 15.6. The summed E-state index contributed by atoms with van der Waals surface area (Å²) in [7, 11) is 0. The van der Waals surface area contributed by atoms with Gasteiger partial charge in [-0.2, -0.15) is 0 Å². The first-order valence-corrected chi connectivity index (χ1v) is 8.73. The van der Waals surface area contributed by atoms with Crippen LogP contribution in [0.25, 0.3) is 0 Å². The molecule has 2 aliphatic rings. The third-order valence-corrected chi connectivity index (χ3v) is 4.74. The van der Waals surface area contributed by atoms with E-state index in [0.29, 0.717) is 5.92 Å². The summed E-state index contributed by atoms with van der Waals surface area (Å²) in [6, 6.07) is 6.37. The molecular formula is C18H24N4O2. The number of aryl methyl sites for hydroxylation is 1. The molecule has 2 aromatic rings. The quantitative estimate of drug-likeness (QED) is 0.880. The normalized spacial score (nSPS) is 20.0. The lowest BCUT2D eigenvalue weighted by atomic mass is 10.1. The van der Waals surface area contributed by atoms with Crippen LogP contribution < -0.4 is 5.32 Å². The Balaban J connectivity index is 1.47. The van der Waals surface area contributed by atoms with Crippen molar-refractivity contribution < 1.29 is 9.15 Å². The van der Waals surface area contributed by atoms with Gasteiger partial charge in [0.15, 0.2) is 0 Å². The van der Waals surface area contributed by atoms with Gasteiger partial charge in [0.25, 0.3) is 0 Å². The molecular weight excluding hydrogens is 304 g/mol. The SMILES string of the molecule is Cc1ccc(C(CNc2cc(C3CC3)ncn2)N2CCOCC2)o1. The van der Waals surface area contributed by atoms with Gasteiger partial charge in [0.2, 0.25) is 0 Å². The van der Waals surface area contributed by atoms with E-state index < -0.39 is 0 Å². The fraction of sp³-hybridized carbons (Fsp3) is 0.556. The molecule has 24 heavy (non-hydrogen) atoms. The van der Waals surface area contributed by atoms with Crippen LogP contribution in [0.15, 0.2) is 28.9 Å². The molecule has 128 valence electrons. The van der Waals surface area contributed by atoms with E-state index in [1.807, 2.05) is 13.0 Å². The number of nitrogens with zero attached hydrogens (tertiary/aromatic N) is 3. The minimum Gasteiger partial charge on any atom is -0.465 e. The Morgan fingerprint density at radius 3 is 2.79 bits per heavy atom. The molecule has 0 bridgehead atoms. The number of nitrogens with one attached hydrogen (secondary N) is 1. The number of morpholine rings is 1. The predicted octanol–water partition coefficient (Wildman–Crippen LogP) is 2.74. The fourth-order valence-electron chi connectivity index (χ4n) is 3.20. The Kier molecular flexibility index (Phi) is 4.49. The number of rotatable bonds is 6. The Bertz CT molecular complexity index is 677. The van der Waals surface area contributed by atoms with Crippen LogP contribution in [0, 0.1) is 6.92 Å².